The fraction of sp³-hybridized carbons (Fsp3) is 0.154. The number of amides is 1. The minimum atomic E-state index is -1.04. The molecule has 2 rings (SSSR count). The lowest BCUT2D eigenvalue weighted by molar-refractivity contribution is -0.137. The highest BCUT2D eigenvalue weighted by molar-refractivity contribution is 6.06. The van der Waals surface area contributed by atoms with Crippen molar-refractivity contribution >= 4 is 17.6 Å². The summed E-state index contributed by atoms with van der Waals surface area (Å²) in [6, 6.07) is 4.29. The van der Waals surface area contributed by atoms with E-state index < -0.39 is 11.9 Å². The van der Waals surface area contributed by atoms with Crippen molar-refractivity contribution in [2.24, 2.45) is 0 Å². The number of ether oxygens (including phenoxy) is 1. The summed E-state index contributed by atoms with van der Waals surface area (Å²) in [6.45, 7) is -0.302. The third-order valence-corrected chi connectivity index (χ3v) is 2.64. The van der Waals surface area contributed by atoms with Crippen molar-refractivity contribution in [1.82, 2.24) is 9.78 Å². The summed E-state index contributed by atoms with van der Waals surface area (Å²) in [6.07, 6.45) is 2.70. The Morgan fingerprint density at radius 1 is 1.43 bits per heavy atom. The summed E-state index contributed by atoms with van der Waals surface area (Å²) in [5, 5.41) is 24.7. The van der Waals surface area contributed by atoms with Crippen molar-refractivity contribution in [2.75, 3.05) is 12.4 Å². The van der Waals surface area contributed by atoms with Crippen LogP contribution in [0.5, 0.6) is 11.5 Å². The zero-order chi connectivity index (χ0) is 15.4. The number of methoxy groups -OCH3 is 1. The van der Waals surface area contributed by atoms with Crippen LogP contribution in [0, 0.1) is 0 Å². The van der Waals surface area contributed by atoms with Gasteiger partial charge in [0.05, 0.1) is 24.6 Å². The second-order valence-corrected chi connectivity index (χ2v) is 4.16. The lowest BCUT2D eigenvalue weighted by Gasteiger charge is -2.06. The quantitative estimate of drug-likeness (QED) is 0.755. The van der Waals surface area contributed by atoms with E-state index in [9.17, 15) is 14.7 Å². The van der Waals surface area contributed by atoms with Gasteiger partial charge < -0.3 is 20.3 Å². The molecule has 1 aromatic heterocycles. The number of anilines is 1. The maximum atomic E-state index is 12.0. The fourth-order valence-corrected chi connectivity index (χ4v) is 1.68. The second kappa shape index (κ2) is 5.95. The molecule has 8 nitrogen and oxygen atoms in total. The highest BCUT2D eigenvalue weighted by Gasteiger charge is 2.13. The van der Waals surface area contributed by atoms with Crippen molar-refractivity contribution in [3.63, 3.8) is 0 Å². The summed E-state index contributed by atoms with van der Waals surface area (Å²) in [5.74, 6) is -1.36. The molecule has 0 saturated heterocycles. The first-order valence-electron chi connectivity index (χ1n) is 5.92. The summed E-state index contributed by atoms with van der Waals surface area (Å²) in [7, 11) is 1.45. The van der Waals surface area contributed by atoms with Gasteiger partial charge in [-0.3, -0.25) is 14.3 Å². The first kappa shape index (κ1) is 14.4. The molecule has 8 heteroatoms. The molecule has 0 aliphatic rings. The van der Waals surface area contributed by atoms with E-state index in [1.807, 2.05) is 0 Å². The second-order valence-electron chi connectivity index (χ2n) is 4.16. The molecule has 0 saturated carbocycles. The van der Waals surface area contributed by atoms with Crippen LogP contribution < -0.4 is 10.1 Å². The number of carboxylic acids is 1. The predicted octanol–water partition coefficient (Wildman–Crippen LogP) is 0.934. The molecular formula is C13H13N3O5. The molecule has 0 atom stereocenters. The Balaban J connectivity index is 2.10. The highest BCUT2D eigenvalue weighted by atomic mass is 16.5. The van der Waals surface area contributed by atoms with E-state index in [1.54, 1.807) is 6.07 Å². The number of phenols is 1. The van der Waals surface area contributed by atoms with Gasteiger partial charge in [-0.25, -0.2) is 0 Å². The van der Waals surface area contributed by atoms with Gasteiger partial charge in [-0.2, -0.15) is 5.10 Å². The topological polar surface area (TPSA) is 114 Å². The van der Waals surface area contributed by atoms with Crippen LogP contribution in [0.15, 0.2) is 30.6 Å². The van der Waals surface area contributed by atoms with Gasteiger partial charge in [-0.05, 0) is 12.1 Å². The van der Waals surface area contributed by atoms with Gasteiger partial charge in [0.25, 0.3) is 5.91 Å². The Bertz CT molecular complexity index is 680. The van der Waals surface area contributed by atoms with Crippen LogP contribution in [0.4, 0.5) is 5.69 Å². The number of carboxylic acid groups (broad SMARTS) is 1. The number of aromatic nitrogens is 2. The number of phenolic OH excluding ortho intramolecular Hbond substituents is 1. The van der Waals surface area contributed by atoms with Crippen molar-refractivity contribution in [1.29, 1.82) is 0 Å². The Labute approximate surface area is 119 Å². The van der Waals surface area contributed by atoms with Crippen LogP contribution in [-0.2, 0) is 11.3 Å². The number of hydrogen-bond acceptors (Lipinski definition) is 5. The molecule has 0 bridgehead atoms. The van der Waals surface area contributed by atoms with Gasteiger partial charge in [-0.15, -0.1) is 0 Å². The number of carbonyl (C=O) groups is 2. The van der Waals surface area contributed by atoms with Crippen LogP contribution in [0.25, 0.3) is 0 Å². The maximum Gasteiger partial charge on any atom is 0.325 e. The molecule has 2 aromatic rings. The van der Waals surface area contributed by atoms with E-state index in [1.165, 1.54) is 36.3 Å². The van der Waals surface area contributed by atoms with Crippen molar-refractivity contribution in [2.45, 2.75) is 6.54 Å². The average molecular weight is 291 g/mol. The molecule has 3 N–H and O–H groups in total. The van der Waals surface area contributed by atoms with E-state index in [0.29, 0.717) is 11.4 Å². The van der Waals surface area contributed by atoms with E-state index in [-0.39, 0.29) is 17.9 Å². The third kappa shape index (κ3) is 3.50. The minimum Gasteiger partial charge on any atom is -0.507 e. The average Bonchev–Trinajstić information content (AvgIpc) is 2.84. The van der Waals surface area contributed by atoms with Crippen LogP contribution >= 0.6 is 0 Å². The largest absolute Gasteiger partial charge is 0.507 e. The molecule has 1 aromatic carbocycles. The third-order valence-electron chi connectivity index (χ3n) is 2.64. The highest BCUT2D eigenvalue weighted by Crippen LogP contribution is 2.24. The molecule has 0 radical (unpaired) electrons. The van der Waals surface area contributed by atoms with Gasteiger partial charge in [0, 0.05) is 12.3 Å². The molecule has 1 amide bonds. The number of benzene rings is 1. The Hall–Kier alpha value is -3.03. The first-order valence-corrected chi connectivity index (χ1v) is 5.92. The monoisotopic (exact) mass is 291 g/mol. The number of rotatable bonds is 5. The van der Waals surface area contributed by atoms with E-state index in [2.05, 4.69) is 10.4 Å². The van der Waals surface area contributed by atoms with Gasteiger partial charge in [-0.1, -0.05) is 0 Å². The van der Waals surface area contributed by atoms with Crippen LogP contribution in [0.3, 0.4) is 0 Å². The number of aromatic hydroxyl groups is 1. The summed E-state index contributed by atoms with van der Waals surface area (Å²) < 4.78 is 6.10. The number of carbonyl (C=O) groups excluding carboxylic acids is 1. The van der Waals surface area contributed by atoms with Crippen molar-refractivity contribution < 1.29 is 24.5 Å². The predicted molar refractivity (Wildman–Crippen MR) is 72.5 cm³/mol. The molecular weight excluding hydrogens is 278 g/mol. The van der Waals surface area contributed by atoms with Crippen molar-refractivity contribution in [3.05, 3.63) is 36.2 Å². The van der Waals surface area contributed by atoms with Gasteiger partial charge in [0.1, 0.15) is 18.0 Å². The fourth-order valence-electron chi connectivity index (χ4n) is 1.68. The molecule has 0 aliphatic heterocycles. The van der Waals surface area contributed by atoms with E-state index in [4.69, 9.17) is 9.84 Å². The molecule has 0 unspecified atom stereocenters. The van der Waals surface area contributed by atoms with Gasteiger partial charge >= 0.3 is 5.97 Å². The summed E-state index contributed by atoms with van der Waals surface area (Å²) >= 11 is 0. The van der Waals surface area contributed by atoms with Gasteiger partial charge in [0.2, 0.25) is 0 Å². The summed E-state index contributed by atoms with van der Waals surface area (Å²) in [4.78, 5) is 22.5. The zero-order valence-corrected chi connectivity index (χ0v) is 11.1. The molecule has 0 fully saturated rings. The van der Waals surface area contributed by atoms with Crippen LogP contribution in [0.1, 0.15) is 10.4 Å². The molecule has 21 heavy (non-hydrogen) atoms. The van der Waals surface area contributed by atoms with E-state index >= 15 is 0 Å². The van der Waals surface area contributed by atoms with E-state index in [0.717, 1.165) is 0 Å². The molecule has 110 valence electrons. The maximum absolute atomic E-state index is 12.0. The number of hydrogen-bond donors (Lipinski definition) is 3. The van der Waals surface area contributed by atoms with Crippen LogP contribution in [-0.4, -0.2) is 39.0 Å². The number of nitrogens with zero attached hydrogens (tertiary/aromatic N) is 2. The smallest absolute Gasteiger partial charge is 0.325 e. The molecule has 0 aliphatic carbocycles. The lowest BCUT2D eigenvalue weighted by atomic mass is 10.2. The number of nitrogens with one attached hydrogen (secondary N) is 1. The normalized spacial score (nSPS) is 10.1. The Kier molecular flexibility index (Phi) is 4.07. The standard InChI is InChI=1S/C13H13N3O5/c1-21-9-2-3-10(11(17)4-9)13(20)15-8-5-14-16(6-8)7-12(18)19/h2-6,17H,7H2,1H3,(H,15,20)(H,18,19). The Morgan fingerprint density at radius 2 is 2.19 bits per heavy atom. The zero-order valence-electron chi connectivity index (χ0n) is 11.1. The molecule has 0 spiro atoms. The van der Waals surface area contributed by atoms with Gasteiger partial charge in [0.15, 0.2) is 0 Å². The van der Waals surface area contributed by atoms with Crippen LogP contribution in [0.2, 0.25) is 0 Å². The number of aliphatic carboxylic acids is 1. The SMILES string of the molecule is COc1ccc(C(=O)Nc2cnn(CC(=O)O)c2)c(O)c1. The minimum absolute atomic E-state index is 0.0711. The Morgan fingerprint density at radius 3 is 2.81 bits per heavy atom. The summed E-state index contributed by atoms with van der Waals surface area (Å²) in [5.41, 5.74) is 0.401. The lowest BCUT2D eigenvalue weighted by Crippen LogP contribution is -2.12. The molecule has 1 heterocycles. The van der Waals surface area contributed by atoms with Crippen molar-refractivity contribution in [3.8, 4) is 11.5 Å². The first-order chi connectivity index (χ1) is 9.99.